The fraction of sp³-hybridized carbons (Fsp3) is 0.545. The minimum Gasteiger partial charge on any atom is -0.383 e. The highest BCUT2D eigenvalue weighted by atomic mass is 15.1. The normalized spacial score (nSPS) is 11.1. The van der Waals surface area contributed by atoms with E-state index in [1.807, 2.05) is 6.92 Å². The van der Waals surface area contributed by atoms with E-state index in [1.54, 1.807) is 0 Å². The van der Waals surface area contributed by atoms with Crippen molar-refractivity contribution in [2.75, 3.05) is 38.2 Å². The van der Waals surface area contributed by atoms with Crippen molar-refractivity contribution >= 4 is 11.8 Å². The smallest absolute Gasteiger partial charge is 0.224 e. The quantitative estimate of drug-likeness (QED) is 0.585. The number of nitrogens with zero attached hydrogens (tertiary/aromatic N) is 3. The van der Waals surface area contributed by atoms with Crippen molar-refractivity contribution < 1.29 is 0 Å². The van der Waals surface area contributed by atoms with Crippen molar-refractivity contribution in [1.82, 2.24) is 14.9 Å². The van der Waals surface area contributed by atoms with E-state index in [2.05, 4.69) is 65.5 Å². The minimum absolute atomic E-state index is 0.582. The van der Waals surface area contributed by atoms with Gasteiger partial charge in [0.25, 0.3) is 0 Å². The second-order valence-electron chi connectivity index (χ2n) is 7.53. The summed E-state index contributed by atoms with van der Waals surface area (Å²) in [5.41, 5.74) is 10.9. The van der Waals surface area contributed by atoms with Gasteiger partial charge in [0.2, 0.25) is 5.95 Å². The lowest BCUT2D eigenvalue weighted by molar-refractivity contribution is 0.400. The van der Waals surface area contributed by atoms with Crippen molar-refractivity contribution in [2.45, 2.75) is 52.4 Å². The van der Waals surface area contributed by atoms with E-state index in [-0.39, 0.29) is 0 Å². The van der Waals surface area contributed by atoms with E-state index in [0.717, 1.165) is 43.6 Å². The number of hydrogen-bond donors (Lipinski definition) is 2. The Morgan fingerprint density at radius 3 is 2.56 bits per heavy atom. The molecular weight excluding hydrogens is 334 g/mol. The molecule has 5 heteroatoms. The van der Waals surface area contributed by atoms with E-state index in [4.69, 9.17) is 5.73 Å². The number of aromatic nitrogens is 2. The summed E-state index contributed by atoms with van der Waals surface area (Å²) in [6.45, 7) is 6.22. The van der Waals surface area contributed by atoms with Crippen LogP contribution in [-0.4, -0.2) is 42.1 Å². The summed E-state index contributed by atoms with van der Waals surface area (Å²) in [5.74, 6) is 1.22. The largest absolute Gasteiger partial charge is 0.383 e. The van der Waals surface area contributed by atoms with Gasteiger partial charge in [-0.25, -0.2) is 4.98 Å². The number of rotatable bonds is 11. The van der Waals surface area contributed by atoms with E-state index in [0.29, 0.717) is 11.8 Å². The number of nitrogens with two attached hydrogens (primary N) is 1. The van der Waals surface area contributed by atoms with Crippen LogP contribution in [0.25, 0.3) is 0 Å². The molecule has 2 aromatic rings. The van der Waals surface area contributed by atoms with Gasteiger partial charge in [-0.1, -0.05) is 44.0 Å². The summed E-state index contributed by atoms with van der Waals surface area (Å²) in [7, 11) is 4.23. The molecule has 27 heavy (non-hydrogen) atoms. The molecule has 0 aliphatic carbocycles. The zero-order valence-electron chi connectivity index (χ0n) is 17.4. The number of aryl methyl sites for hydroxylation is 2. The standard InChI is InChI=1S/C22H35N5/c1-5-6-7-13-24-22-25-17(2)20(21(23)26-22)16-19-11-8-10-18(15-19)12-9-14-27(3)4/h8,10-11,15H,5-7,9,12-14,16H2,1-4H3,(H3,23,24,25,26). The molecule has 0 unspecified atom stereocenters. The van der Waals surface area contributed by atoms with E-state index < -0.39 is 0 Å². The first kappa shape index (κ1) is 21.2. The van der Waals surface area contributed by atoms with Crippen molar-refractivity contribution in [3.05, 3.63) is 46.6 Å². The first-order valence-electron chi connectivity index (χ1n) is 10.1. The number of benzene rings is 1. The molecular formula is C22H35N5. The van der Waals surface area contributed by atoms with Crippen LogP contribution < -0.4 is 11.1 Å². The third kappa shape index (κ3) is 7.18. The molecule has 1 aromatic carbocycles. The summed E-state index contributed by atoms with van der Waals surface area (Å²) in [6.07, 6.45) is 6.58. The highest BCUT2D eigenvalue weighted by molar-refractivity contribution is 5.49. The Morgan fingerprint density at radius 2 is 1.85 bits per heavy atom. The first-order valence-corrected chi connectivity index (χ1v) is 10.1. The monoisotopic (exact) mass is 369 g/mol. The van der Waals surface area contributed by atoms with Crippen LogP contribution in [-0.2, 0) is 12.8 Å². The number of anilines is 2. The lowest BCUT2D eigenvalue weighted by Gasteiger charge is -2.13. The Morgan fingerprint density at radius 1 is 1.07 bits per heavy atom. The van der Waals surface area contributed by atoms with Crippen molar-refractivity contribution in [2.24, 2.45) is 0 Å². The van der Waals surface area contributed by atoms with Crippen LogP contribution in [0.2, 0.25) is 0 Å². The number of unbranched alkanes of at least 4 members (excludes halogenated alkanes) is 2. The van der Waals surface area contributed by atoms with E-state index in [9.17, 15) is 0 Å². The SMILES string of the molecule is CCCCCNc1nc(C)c(Cc2cccc(CCCN(C)C)c2)c(N)n1. The zero-order chi connectivity index (χ0) is 19.6. The molecule has 0 atom stereocenters. The molecule has 5 nitrogen and oxygen atoms in total. The fourth-order valence-corrected chi connectivity index (χ4v) is 3.19. The molecule has 0 fully saturated rings. The molecule has 0 amide bonds. The molecule has 0 aliphatic heterocycles. The lowest BCUT2D eigenvalue weighted by atomic mass is 10.0. The highest BCUT2D eigenvalue weighted by Gasteiger charge is 2.10. The van der Waals surface area contributed by atoms with Crippen LogP contribution in [0, 0.1) is 6.92 Å². The van der Waals surface area contributed by atoms with Gasteiger partial charge in [-0.3, -0.25) is 0 Å². The van der Waals surface area contributed by atoms with Gasteiger partial charge in [0, 0.05) is 24.2 Å². The molecule has 0 radical (unpaired) electrons. The van der Waals surface area contributed by atoms with Crippen LogP contribution in [0.5, 0.6) is 0 Å². The van der Waals surface area contributed by atoms with Crippen molar-refractivity contribution in [3.63, 3.8) is 0 Å². The molecule has 2 rings (SSSR count). The van der Waals surface area contributed by atoms with Crippen LogP contribution in [0.4, 0.5) is 11.8 Å². The maximum absolute atomic E-state index is 6.26. The van der Waals surface area contributed by atoms with Gasteiger partial charge >= 0.3 is 0 Å². The minimum atomic E-state index is 0.582. The molecule has 0 saturated heterocycles. The van der Waals surface area contributed by atoms with Gasteiger partial charge in [-0.2, -0.15) is 4.98 Å². The zero-order valence-corrected chi connectivity index (χ0v) is 17.4. The fourth-order valence-electron chi connectivity index (χ4n) is 3.19. The predicted octanol–water partition coefficient (Wildman–Crippen LogP) is 4.05. The van der Waals surface area contributed by atoms with Crippen molar-refractivity contribution in [1.29, 1.82) is 0 Å². The van der Waals surface area contributed by atoms with Gasteiger partial charge in [0.15, 0.2) is 0 Å². The average molecular weight is 370 g/mol. The number of hydrogen-bond acceptors (Lipinski definition) is 5. The molecule has 1 aromatic heterocycles. The third-order valence-corrected chi connectivity index (χ3v) is 4.75. The number of nitrogen functional groups attached to an aromatic ring is 1. The number of nitrogens with one attached hydrogen (secondary N) is 1. The molecule has 3 N–H and O–H groups in total. The Bertz CT molecular complexity index is 689. The molecule has 0 bridgehead atoms. The van der Waals surface area contributed by atoms with Gasteiger partial charge in [-0.15, -0.1) is 0 Å². The Kier molecular flexibility index (Phi) is 8.52. The Labute approximate surface area is 164 Å². The first-order chi connectivity index (χ1) is 13.0. The van der Waals surface area contributed by atoms with Gasteiger partial charge < -0.3 is 16.0 Å². The maximum atomic E-state index is 6.26. The van der Waals surface area contributed by atoms with Crippen LogP contribution in [0.15, 0.2) is 24.3 Å². The summed E-state index contributed by atoms with van der Waals surface area (Å²) in [5, 5.41) is 3.29. The third-order valence-electron chi connectivity index (χ3n) is 4.75. The van der Waals surface area contributed by atoms with Crippen LogP contribution in [0.3, 0.4) is 0 Å². The van der Waals surface area contributed by atoms with Gasteiger partial charge in [0.05, 0.1) is 0 Å². The summed E-state index contributed by atoms with van der Waals surface area (Å²) in [4.78, 5) is 11.3. The molecule has 0 spiro atoms. The summed E-state index contributed by atoms with van der Waals surface area (Å²) >= 11 is 0. The highest BCUT2D eigenvalue weighted by Crippen LogP contribution is 2.20. The lowest BCUT2D eigenvalue weighted by Crippen LogP contribution is -2.13. The van der Waals surface area contributed by atoms with Gasteiger partial charge in [0.1, 0.15) is 5.82 Å². The second kappa shape index (κ2) is 10.9. The molecule has 0 aliphatic rings. The van der Waals surface area contributed by atoms with E-state index >= 15 is 0 Å². The Hall–Kier alpha value is -2.14. The average Bonchev–Trinajstić information content (AvgIpc) is 2.62. The Balaban J connectivity index is 2.02. The molecule has 0 saturated carbocycles. The van der Waals surface area contributed by atoms with E-state index in [1.165, 1.54) is 30.4 Å². The second-order valence-corrected chi connectivity index (χ2v) is 7.53. The van der Waals surface area contributed by atoms with Gasteiger partial charge in [-0.05, 0) is 58.0 Å². The van der Waals surface area contributed by atoms with Crippen LogP contribution >= 0.6 is 0 Å². The van der Waals surface area contributed by atoms with Crippen molar-refractivity contribution in [3.8, 4) is 0 Å². The molecule has 148 valence electrons. The summed E-state index contributed by atoms with van der Waals surface area (Å²) < 4.78 is 0. The maximum Gasteiger partial charge on any atom is 0.224 e. The molecule has 1 heterocycles. The van der Waals surface area contributed by atoms with Crippen LogP contribution in [0.1, 0.15) is 55.0 Å². The predicted molar refractivity (Wildman–Crippen MR) is 115 cm³/mol. The topological polar surface area (TPSA) is 67.1 Å². The summed E-state index contributed by atoms with van der Waals surface area (Å²) in [6, 6.07) is 8.78.